The van der Waals surface area contributed by atoms with Crippen LogP contribution < -0.4 is 14.1 Å². The minimum absolute atomic E-state index is 0. The fraction of sp³-hybridized carbons (Fsp3) is 0. The summed E-state index contributed by atoms with van der Waals surface area (Å²) in [7, 11) is 0. The summed E-state index contributed by atoms with van der Waals surface area (Å²) in [5.41, 5.74) is 6.92. The summed E-state index contributed by atoms with van der Waals surface area (Å²) in [5.74, 6) is 0. The summed E-state index contributed by atoms with van der Waals surface area (Å²) >= 11 is 0. The van der Waals surface area contributed by atoms with Gasteiger partial charge >= 0.3 is 28.4 Å². The molecule has 7 rings (SSSR count). The Bertz CT molecular complexity index is 1750. The molecule has 5 aromatic carbocycles. The minimum atomic E-state index is 0. The van der Waals surface area contributed by atoms with E-state index in [0.717, 1.165) is 44.6 Å². The zero-order valence-corrected chi connectivity index (χ0v) is 21.9. The van der Waals surface area contributed by atoms with E-state index < -0.39 is 0 Å². The molecule has 0 unspecified atom stereocenters. The first-order valence-electron chi connectivity index (χ1n) is 11.7. The van der Waals surface area contributed by atoms with Gasteiger partial charge in [0.1, 0.15) is 0 Å². The van der Waals surface area contributed by atoms with Crippen molar-refractivity contribution in [2.45, 2.75) is 0 Å². The third-order valence-corrected chi connectivity index (χ3v) is 6.18. The quantitative estimate of drug-likeness (QED) is 0.144. The molecule has 0 saturated carbocycles. The standard InChI is InChI=1S/C19H14N2.C13H7N2.Au/c1-3-9-16(10-4-1)20-15-21(17-11-5-2-6-12-17)19-14-8-7-13-18(19)20;14-8-9-4-3-6-11-10-5-1-2-7-12(10)15-13(9)11;/h1-14H;1-7H;/q+2;-1;+1. The molecule has 2 heterocycles. The Labute approximate surface area is 230 Å². The number of hydrogen-bond donors (Lipinski definition) is 0. The summed E-state index contributed by atoms with van der Waals surface area (Å²) in [6.45, 7) is 0. The molecule has 1 aliphatic heterocycles. The van der Waals surface area contributed by atoms with Crippen LogP contribution in [0.5, 0.6) is 0 Å². The Morgan fingerprint density at radius 3 is 1.68 bits per heavy atom. The molecule has 0 radical (unpaired) electrons. The average molecular weight is 659 g/mol. The second-order valence-corrected chi connectivity index (χ2v) is 8.37. The first-order valence-corrected chi connectivity index (χ1v) is 11.7. The van der Waals surface area contributed by atoms with Crippen molar-refractivity contribution in [2.24, 2.45) is 0 Å². The average Bonchev–Trinajstić information content (AvgIpc) is 3.53. The maximum absolute atomic E-state index is 8.97. The Morgan fingerprint density at radius 1 is 0.568 bits per heavy atom. The van der Waals surface area contributed by atoms with E-state index in [0.29, 0.717) is 5.56 Å². The molecule has 1 aliphatic rings. The van der Waals surface area contributed by atoms with Gasteiger partial charge < -0.3 is 4.98 Å². The van der Waals surface area contributed by atoms with Gasteiger partial charge in [-0.05, 0) is 26.0 Å². The van der Waals surface area contributed by atoms with E-state index in [9.17, 15) is 0 Å². The van der Waals surface area contributed by atoms with E-state index in [2.05, 4.69) is 74.7 Å². The van der Waals surface area contributed by atoms with Gasteiger partial charge in [0.2, 0.25) is 11.4 Å². The molecule has 0 saturated heterocycles. The molecule has 0 bridgehead atoms. The number of nitrogens with zero attached hydrogens (tertiary/aromatic N) is 4. The van der Waals surface area contributed by atoms with E-state index in [-0.39, 0.29) is 22.4 Å². The smallest absolute Gasteiger partial charge is 0.656 e. The van der Waals surface area contributed by atoms with Crippen LogP contribution >= 0.6 is 0 Å². The molecule has 0 N–H and O–H groups in total. The molecule has 1 aromatic heterocycles. The first kappa shape index (κ1) is 24.2. The fourth-order valence-electron chi connectivity index (χ4n) is 4.49. The zero-order valence-electron chi connectivity index (χ0n) is 19.7. The summed E-state index contributed by atoms with van der Waals surface area (Å²) < 4.78 is 4.20. The van der Waals surface area contributed by atoms with Crippen LogP contribution in [0.1, 0.15) is 5.56 Å². The van der Waals surface area contributed by atoms with Crippen molar-refractivity contribution in [3.63, 3.8) is 0 Å². The molecule has 0 fully saturated rings. The molecule has 0 amide bonds. The van der Waals surface area contributed by atoms with Crippen LogP contribution in [-0.4, -0.2) is 6.01 Å². The largest absolute Gasteiger partial charge is 1.00 e. The molecule has 0 aliphatic carbocycles. The van der Waals surface area contributed by atoms with Crippen LogP contribution in [0.3, 0.4) is 0 Å². The SMILES string of the molecule is C1=[N+](c2ccccc2)c2ccccc2[N+]=1c1ccccc1.N#Cc1cccc2c1[n-]c1ccccc12.[Au+]. The van der Waals surface area contributed by atoms with E-state index in [1.807, 2.05) is 72.8 Å². The number of nitriles is 1. The van der Waals surface area contributed by atoms with E-state index in [1.165, 1.54) is 0 Å². The topological polar surface area (TPSA) is 43.9 Å². The summed E-state index contributed by atoms with van der Waals surface area (Å²) in [4.78, 5) is 4.46. The van der Waals surface area contributed by atoms with Crippen LogP contribution in [0.25, 0.3) is 21.8 Å². The van der Waals surface area contributed by atoms with Gasteiger partial charge in [-0.2, -0.15) is 5.26 Å². The van der Waals surface area contributed by atoms with Crippen LogP contribution in [0, 0.1) is 11.3 Å². The van der Waals surface area contributed by atoms with Crippen molar-refractivity contribution in [2.75, 3.05) is 0 Å². The second kappa shape index (κ2) is 10.6. The zero-order chi connectivity index (χ0) is 24.3. The van der Waals surface area contributed by atoms with Gasteiger partial charge in [-0.15, -0.1) is 11.0 Å². The normalized spacial score (nSPS) is 11.4. The number of hydrogen-bond acceptors (Lipinski definition) is 1. The summed E-state index contributed by atoms with van der Waals surface area (Å²) in [5, 5.41) is 11.1. The van der Waals surface area contributed by atoms with Gasteiger partial charge in [-0.3, -0.25) is 0 Å². The fourth-order valence-corrected chi connectivity index (χ4v) is 4.49. The molecule has 4 nitrogen and oxygen atoms in total. The van der Waals surface area contributed by atoms with Crippen molar-refractivity contribution >= 4 is 50.6 Å². The van der Waals surface area contributed by atoms with Gasteiger partial charge in [0.05, 0.1) is 6.07 Å². The Hall–Kier alpha value is -4.49. The second-order valence-electron chi connectivity index (χ2n) is 8.37. The number of rotatable bonds is 2. The van der Waals surface area contributed by atoms with Gasteiger partial charge in [-0.25, -0.2) is 0 Å². The van der Waals surface area contributed by atoms with Crippen molar-refractivity contribution < 1.29 is 22.4 Å². The van der Waals surface area contributed by atoms with Gasteiger partial charge in [0.15, 0.2) is 0 Å². The Balaban J connectivity index is 0.000000155. The maximum atomic E-state index is 8.97. The maximum Gasteiger partial charge on any atom is 1.00 e. The molecule has 6 aromatic rings. The first-order chi connectivity index (χ1) is 17.8. The minimum Gasteiger partial charge on any atom is -0.656 e. The van der Waals surface area contributed by atoms with Crippen molar-refractivity contribution in [1.82, 2.24) is 14.1 Å². The molecule has 37 heavy (non-hydrogen) atoms. The molecular formula is C32H21AuN4+2. The van der Waals surface area contributed by atoms with Crippen molar-refractivity contribution in [3.8, 4) is 6.07 Å². The van der Waals surface area contributed by atoms with E-state index in [4.69, 9.17) is 5.26 Å². The third kappa shape index (κ3) is 4.57. The number of benzene rings is 5. The molecule has 178 valence electrons. The molecule has 5 heteroatoms. The number of aromatic nitrogens is 1. The predicted molar refractivity (Wildman–Crippen MR) is 147 cm³/mol. The van der Waals surface area contributed by atoms with E-state index in [1.54, 1.807) is 6.07 Å². The number of fused-ring (bicyclic) bond motifs is 4. The van der Waals surface area contributed by atoms with Gasteiger partial charge in [-0.1, -0.05) is 84.9 Å². The summed E-state index contributed by atoms with van der Waals surface area (Å²) in [6.07, 6.45) is 0. The van der Waals surface area contributed by atoms with Crippen molar-refractivity contribution in [3.05, 3.63) is 133 Å². The van der Waals surface area contributed by atoms with Crippen LogP contribution in [0.4, 0.5) is 22.7 Å². The number of para-hydroxylation sites is 6. The van der Waals surface area contributed by atoms with Gasteiger partial charge in [0, 0.05) is 42.0 Å². The molecule has 0 atom stereocenters. The van der Waals surface area contributed by atoms with Crippen LogP contribution in [0.15, 0.2) is 127 Å². The Kier molecular flexibility index (Phi) is 6.96. The Morgan fingerprint density at radius 2 is 1.08 bits per heavy atom. The van der Waals surface area contributed by atoms with E-state index >= 15 is 0 Å². The third-order valence-electron chi connectivity index (χ3n) is 6.18. The molecule has 0 spiro atoms. The molecular weight excluding hydrogens is 637 g/mol. The monoisotopic (exact) mass is 658 g/mol. The van der Waals surface area contributed by atoms with Crippen LogP contribution in [0.2, 0.25) is 0 Å². The van der Waals surface area contributed by atoms with Crippen LogP contribution in [-0.2, 0) is 22.4 Å². The van der Waals surface area contributed by atoms with Crippen molar-refractivity contribution in [1.29, 1.82) is 5.26 Å². The predicted octanol–water partition coefficient (Wildman–Crippen LogP) is 7.36. The van der Waals surface area contributed by atoms with Gasteiger partial charge in [0.25, 0.3) is 11.4 Å². The summed E-state index contributed by atoms with van der Waals surface area (Å²) in [6, 6.07) is 48.3.